The molecule has 0 fully saturated rings. The Morgan fingerprint density at radius 3 is 2.60 bits per heavy atom. The first-order chi connectivity index (χ1) is 9.04. The lowest BCUT2D eigenvalue weighted by molar-refractivity contribution is -0.124. The third-order valence-electron chi connectivity index (χ3n) is 2.84. The zero-order chi connectivity index (χ0) is 14.3. The monoisotopic (exact) mass is 338 g/mol. The summed E-state index contributed by atoms with van der Waals surface area (Å²) in [6, 6.07) is 5.36. The van der Waals surface area contributed by atoms with Gasteiger partial charge in [-0.25, -0.2) is 0 Å². The van der Waals surface area contributed by atoms with Crippen molar-refractivity contribution in [2.75, 3.05) is 19.6 Å². The van der Waals surface area contributed by atoms with E-state index in [0.717, 1.165) is 18.7 Å². The largest absolute Gasteiger partial charge is 0.355 e. The minimum absolute atomic E-state index is 0. The molecule has 1 amide bonds. The number of hydrogen-bond donors (Lipinski definition) is 2. The number of rotatable bonds is 7. The van der Waals surface area contributed by atoms with E-state index >= 15 is 0 Å². The van der Waals surface area contributed by atoms with Crippen LogP contribution in [0.5, 0.6) is 0 Å². The number of benzene rings is 1. The number of carbonyl (C=O) groups excluding carboxylic acids is 1. The zero-order valence-corrected chi connectivity index (χ0v) is 14.0. The maximum atomic E-state index is 11.9. The molecule has 1 atom stereocenters. The van der Waals surface area contributed by atoms with Gasteiger partial charge in [-0.3, -0.25) is 4.79 Å². The van der Waals surface area contributed by atoms with Gasteiger partial charge in [-0.05, 0) is 30.7 Å². The normalized spacial score (nSPS) is 11.6. The Balaban J connectivity index is 0.00000361. The fraction of sp³-hybridized carbons (Fsp3) is 0.500. The van der Waals surface area contributed by atoms with Gasteiger partial charge in [-0.1, -0.05) is 43.1 Å². The van der Waals surface area contributed by atoms with Gasteiger partial charge < -0.3 is 10.6 Å². The van der Waals surface area contributed by atoms with Crippen LogP contribution in [0.4, 0.5) is 0 Å². The highest BCUT2D eigenvalue weighted by molar-refractivity contribution is 6.35. The summed E-state index contributed by atoms with van der Waals surface area (Å²) in [6.45, 7) is 6.27. The summed E-state index contributed by atoms with van der Waals surface area (Å²) in [7, 11) is 0. The van der Waals surface area contributed by atoms with E-state index in [4.69, 9.17) is 23.2 Å². The minimum Gasteiger partial charge on any atom is -0.355 e. The molecular formula is C14H21Cl3N2O. The molecule has 114 valence electrons. The zero-order valence-electron chi connectivity index (χ0n) is 11.7. The van der Waals surface area contributed by atoms with Gasteiger partial charge in [0.25, 0.3) is 0 Å². The Kier molecular flexibility index (Phi) is 10.0. The molecule has 0 aliphatic rings. The Morgan fingerprint density at radius 1 is 1.30 bits per heavy atom. The molecular weight excluding hydrogens is 319 g/mol. The van der Waals surface area contributed by atoms with Crippen LogP contribution in [-0.2, 0) is 11.2 Å². The van der Waals surface area contributed by atoms with E-state index in [0.29, 0.717) is 23.0 Å². The second kappa shape index (κ2) is 10.3. The molecule has 2 N–H and O–H groups in total. The highest BCUT2D eigenvalue weighted by Gasteiger charge is 2.14. The van der Waals surface area contributed by atoms with Gasteiger partial charge in [-0.15, -0.1) is 12.4 Å². The van der Waals surface area contributed by atoms with Gasteiger partial charge in [0.05, 0.1) is 0 Å². The molecule has 0 aliphatic carbocycles. The average Bonchev–Trinajstić information content (AvgIpc) is 2.37. The molecule has 0 bridgehead atoms. The third-order valence-corrected chi connectivity index (χ3v) is 3.43. The smallest absolute Gasteiger partial charge is 0.223 e. The Bertz CT molecular complexity index is 427. The van der Waals surface area contributed by atoms with Crippen molar-refractivity contribution < 1.29 is 4.79 Å². The van der Waals surface area contributed by atoms with Crippen molar-refractivity contribution >= 4 is 41.5 Å². The Labute approximate surface area is 136 Å². The van der Waals surface area contributed by atoms with E-state index in [-0.39, 0.29) is 24.2 Å². The van der Waals surface area contributed by atoms with Crippen molar-refractivity contribution in [3.05, 3.63) is 33.8 Å². The number of nitrogens with one attached hydrogen (secondary N) is 2. The summed E-state index contributed by atoms with van der Waals surface area (Å²) in [5, 5.41) is 7.27. The summed E-state index contributed by atoms with van der Waals surface area (Å²) >= 11 is 11.9. The molecule has 1 aromatic rings. The van der Waals surface area contributed by atoms with Crippen LogP contribution in [0.2, 0.25) is 10.0 Å². The number of halogens is 3. The molecule has 1 aromatic carbocycles. The molecule has 6 heteroatoms. The van der Waals surface area contributed by atoms with Crippen LogP contribution in [0, 0.1) is 5.92 Å². The van der Waals surface area contributed by atoms with Crippen molar-refractivity contribution in [2.24, 2.45) is 5.92 Å². The lowest BCUT2D eigenvalue weighted by atomic mass is 10.0. The van der Waals surface area contributed by atoms with Crippen molar-refractivity contribution in [1.82, 2.24) is 10.6 Å². The maximum absolute atomic E-state index is 11.9. The second-order valence-electron chi connectivity index (χ2n) is 4.49. The van der Waals surface area contributed by atoms with Crippen molar-refractivity contribution in [3.63, 3.8) is 0 Å². The maximum Gasteiger partial charge on any atom is 0.223 e. The SMILES string of the molecule is CCNCCNC(=O)C(C)Cc1ccc(Cl)cc1Cl.Cl. The van der Waals surface area contributed by atoms with E-state index in [9.17, 15) is 4.79 Å². The molecule has 3 nitrogen and oxygen atoms in total. The van der Waals surface area contributed by atoms with Crippen LogP contribution in [0.15, 0.2) is 18.2 Å². The molecule has 0 saturated heterocycles. The van der Waals surface area contributed by atoms with Gasteiger partial charge in [0.1, 0.15) is 0 Å². The third kappa shape index (κ3) is 6.80. The summed E-state index contributed by atoms with van der Waals surface area (Å²) in [4.78, 5) is 11.9. The molecule has 0 spiro atoms. The van der Waals surface area contributed by atoms with E-state index in [1.807, 2.05) is 19.9 Å². The Hall–Kier alpha value is -0.480. The van der Waals surface area contributed by atoms with Crippen LogP contribution in [0.25, 0.3) is 0 Å². The van der Waals surface area contributed by atoms with E-state index < -0.39 is 0 Å². The van der Waals surface area contributed by atoms with Gasteiger partial charge in [0.15, 0.2) is 0 Å². The summed E-state index contributed by atoms with van der Waals surface area (Å²) in [6.07, 6.45) is 0.614. The predicted molar refractivity (Wildman–Crippen MR) is 88.1 cm³/mol. The first-order valence-corrected chi connectivity index (χ1v) is 7.22. The van der Waals surface area contributed by atoms with Gasteiger partial charge >= 0.3 is 0 Å². The van der Waals surface area contributed by atoms with Crippen molar-refractivity contribution in [2.45, 2.75) is 20.3 Å². The topological polar surface area (TPSA) is 41.1 Å². The number of hydrogen-bond acceptors (Lipinski definition) is 2. The van der Waals surface area contributed by atoms with E-state index in [2.05, 4.69) is 10.6 Å². The van der Waals surface area contributed by atoms with E-state index in [1.165, 1.54) is 0 Å². The fourth-order valence-corrected chi connectivity index (χ4v) is 2.22. The lowest BCUT2D eigenvalue weighted by Crippen LogP contribution is -2.35. The number of amides is 1. The molecule has 0 saturated carbocycles. The first kappa shape index (κ1) is 19.5. The van der Waals surface area contributed by atoms with Crippen LogP contribution in [-0.4, -0.2) is 25.5 Å². The minimum atomic E-state index is -0.111. The Morgan fingerprint density at radius 2 is 2.00 bits per heavy atom. The molecule has 0 aliphatic heterocycles. The van der Waals surface area contributed by atoms with Crippen LogP contribution < -0.4 is 10.6 Å². The quantitative estimate of drug-likeness (QED) is 0.748. The first-order valence-electron chi connectivity index (χ1n) is 6.47. The predicted octanol–water partition coefficient (Wildman–Crippen LogP) is 3.32. The summed E-state index contributed by atoms with van der Waals surface area (Å²) in [5.74, 6) is -0.0655. The molecule has 0 radical (unpaired) electrons. The number of likely N-dealkylation sites (N-methyl/N-ethyl adjacent to an activating group) is 1. The summed E-state index contributed by atoms with van der Waals surface area (Å²) < 4.78 is 0. The molecule has 20 heavy (non-hydrogen) atoms. The van der Waals surface area contributed by atoms with Gasteiger partial charge in [0.2, 0.25) is 5.91 Å². The van der Waals surface area contributed by atoms with Crippen LogP contribution in [0.3, 0.4) is 0 Å². The van der Waals surface area contributed by atoms with Crippen LogP contribution in [0.1, 0.15) is 19.4 Å². The fourth-order valence-electron chi connectivity index (χ4n) is 1.73. The number of carbonyl (C=O) groups is 1. The van der Waals surface area contributed by atoms with E-state index in [1.54, 1.807) is 12.1 Å². The van der Waals surface area contributed by atoms with Crippen molar-refractivity contribution in [3.8, 4) is 0 Å². The summed E-state index contributed by atoms with van der Waals surface area (Å²) in [5.41, 5.74) is 0.945. The standard InChI is InChI=1S/C14H20Cl2N2O.ClH/c1-3-17-6-7-18-14(19)10(2)8-11-4-5-12(15)9-13(11)16;/h4-5,9-10,17H,3,6-8H2,1-2H3,(H,18,19);1H. The van der Waals surface area contributed by atoms with Crippen LogP contribution >= 0.6 is 35.6 Å². The molecule has 0 aromatic heterocycles. The highest BCUT2D eigenvalue weighted by atomic mass is 35.5. The van der Waals surface area contributed by atoms with Gasteiger partial charge in [0, 0.05) is 29.1 Å². The molecule has 1 rings (SSSR count). The second-order valence-corrected chi connectivity index (χ2v) is 5.33. The highest BCUT2D eigenvalue weighted by Crippen LogP contribution is 2.23. The van der Waals surface area contributed by atoms with Crippen molar-refractivity contribution in [1.29, 1.82) is 0 Å². The molecule has 0 heterocycles. The molecule has 1 unspecified atom stereocenters. The average molecular weight is 340 g/mol. The van der Waals surface area contributed by atoms with Gasteiger partial charge in [-0.2, -0.15) is 0 Å². The lowest BCUT2D eigenvalue weighted by Gasteiger charge is -2.13.